The normalized spacial score (nSPS) is 19.9. The van der Waals surface area contributed by atoms with Crippen molar-refractivity contribution in [1.29, 1.82) is 0 Å². The fourth-order valence-corrected chi connectivity index (χ4v) is 2.51. The van der Waals surface area contributed by atoms with E-state index >= 15 is 0 Å². The Bertz CT molecular complexity index is 438. The van der Waals surface area contributed by atoms with Crippen molar-refractivity contribution in [3.8, 4) is 0 Å². The van der Waals surface area contributed by atoms with Crippen LogP contribution in [0.5, 0.6) is 0 Å². The number of piperidine rings is 1. The van der Waals surface area contributed by atoms with Crippen LogP contribution in [0, 0.1) is 4.91 Å². The SMILES string of the molecule is NC(=O)CN(N=O)N1CCCCC1c1ccccc1. The van der Waals surface area contributed by atoms with Crippen molar-refractivity contribution < 1.29 is 4.79 Å². The topological polar surface area (TPSA) is 79.0 Å². The van der Waals surface area contributed by atoms with Crippen LogP contribution in [0.2, 0.25) is 0 Å². The van der Waals surface area contributed by atoms with Gasteiger partial charge in [-0.1, -0.05) is 36.8 Å². The van der Waals surface area contributed by atoms with Crippen LogP contribution in [-0.4, -0.2) is 29.1 Å². The van der Waals surface area contributed by atoms with Gasteiger partial charge in [0, 0.05) is 6.54 Å². The van der Waals surface area contributed by atoms with E-state index < -0.39 is 5.91 Å². The molecule has 102 valence electrons. The minimum absolute atomic E-state index is 0.0759. The predicted octanol–water partition coefficient (Wildman–Crippen LogP) is 1.60. The number of hydrogen-bond donors (Lipinski definition) is 1. The number of carbonyl (C=O) groups excluding carboxylic acids is 1. The van der Waals surface area contributed by atoms with Gasteiger partial charge in [-0.2, -0.15) is 10.1 Å². The first-order valence-electron chi connectivity index (χ1n) is 6.43. The van der Waals surface area contributed by atoms with Crippen molar-refractivity contribution in [2.45, 2.75) is 25.3 Å². The summed E-state index contributed by atoms with van der Waals surface area (Å²) >= 11 is 0. The summed E-state index contributed by atoms with van der Waals surface area (Å²) in [5, 5.41) is 5.93. The third-order valence-corrected chi connectivity index (χ3v) is 3.35. The molecule has 1 aromatic rings. The third-order valence-electron chi connectivity index (χ3n) is 3.35. The molecule has 0 saturated carbocycles. The van der Waals surface area contributed by atoms with Crippen LogP contribution < -0.4 is 5.73 Å². The lowest BCUT2D eigenvalue weighted by molar-refractivity contribution is -0.130. The maximum Gasteiger partial charge on any atom is 0.240 e. The Morgan fingerprint density at radius 2 is 2.11 bits per heavy atom. The first-order valence-corrected chi connectivity index (χ1v) is 6.43. The van der Waals surface area contributed by atoms with Crippen molar-refractivity contribution in [1.82, 2.24) is 10.1 Å². The van der Waals surface area contributed by atoms with Crippen molar-refractivity contribution in [2.24, 2.45) is 11.0 Å². The molecule has 1 aliphatic rings. The summed E-state index contributed by atoms with van der Waals surface area (Å²) in [6, 6.07) is 10.0. The van der Waals surface area contributed by atoms with Gasteiger partial charge < -0.3 is 5.73 Å². The summed E-state index contributed by atoms with van der Waals surface area (Å²) in [6.45, 7) is 0.533. The van der Waals surface area contributed by atoms with Crippen molar-refractivity contribution in [3.63, 3.8) is 0 Å². The number of hydrogen-bond acceptors (Lipinski definition) is 4. The standard InChI is InChI=1S/C13H18N4O2/c14-13(18)10-17(15-19)16-9-5-4-8-12(16)11-6-2-1-3-7-11/h1-3,6-7,12H,4-5,8-10H2,(H2,14,18). The number of nitrogens with zero attached hydrogens (tertiary/aromatic N) is 3. The maximum absolute atomic E-state index is 11.0. The van der Waals surface area contributed by atoms with E-state index in [1.54, 1.807) is 0 Å². The van der Waals surface area contributed by atoms with Crippen molar-refractivity contribution in [2.75, 3.05) is 13.1 Å². The lowest BCUT2D eigenvalue weighted by Crippen LogP contribution is -2.47. The van der Waals surface area contributed by atoms with Gasteiger partial charge in [-0.05, 0) is 18.4 Å². The Labute approximate surface area is 112 Å². The van der Waals surface area contributed by atoms with Gasteiger partial charge in [0.15, 0.2) is 0 Å². The van der Waals surface area contributed by atoms with E-state index in [2.05, 4.69) is 5.29 Å². The van der Waals surface area contributed by atoms with E-state index in [1.165, 1.54) is 0 Å². The highest BCUT2D eigenvalue weighted by Crippen LogP contribution is 2.31. The smallest absolute Gasteiger partial charge is 0.240 e. The van der Waals surface area contributed by atoms with Crippen LogP contribution in [-0.2, 0) is 4.79 Å². The highest BCUT2D eigenvalue weighted by Gasteiger charge is 2.29. The van der Waals surface area contributed by atoms with E-state index in [-0.39, 0.29) is 12.6 Å². The Morgan fingerprint density at radius 1 is 1.37 bits per heavy atom. The van der Waals surface area contributed by atoms with Gasteiger partial charge in [-0.3, -0.25) is 4.79 Å². The van der Waals surface area contributed by atoms with Crippen LogP contribution in [0.3, 0.4) is 0 Å². The molecule has 19 heavy (non-hydrogen) atoms. The summed E-state index contributed by atoms with van der Waals surface area (Å²) in [4.78, 5) is 22.0. The van der Waals surface area contributed by atoms with Crippen LogP contribution in [0.1, 0.15) is 30.9 Å². The summed E-state index contributed by atoms with van der Waals surface area (Å²) in [5.74, 6) is -0.558. The zero-order valence-corrected chi connectivity index (χ0v) is 10.7. The molecule has 1 fully saturated rings. The third kappa shape index (κ3) is 3.29. The Kier molecular flexibility index (Phi) is 4.46. The second-order valence-electron chi connectivity index (χ2n) is 4.66. The number of nitroso groups, excluding NO2 is 1. The molecule has 1 aromatic carbocycles. The molecule has 1 unspecified atom stereocenters. The molecule has 0 aliphatic carbocycles. The van der Waals surface area contributed by atoms with Crippen LogP contribution in [0.4, 0.5) is 0 Å². The van der Waals surface area contributed by atoms with Gasteiger partial charge in [0.25, 0.3) is 0 Å². The highest BCUT2D eigenvalue weighted by atomic mass is 16.3. The predicted molar refractivity (Wildman–Crippen MR) is 71.4 cm³/mol. The maximum atomic E-state index is 11.0. The Hall–Kier alpha value is -1.95. The first-order chi connectivity index (χ1) is 9.22. The molecule has 2 rings (SSSR count). The van der Waals surface area contributed by atoms with Crippen LogP contribution in [0.15, 0.2) is 35.6 Å². The molecule has 1 amide bonds. The molecule has 0 radical (unpaired) electrons. The van der Waals surface area contributed by atoms with Gasteiger partial charge in [0.2, 0.25) is 5.91 Å². The Balaban J connectivity index is 2.19. The molecule has 1 aliphatic heterocycles. The van der Waals surface area contributed by atoms with E-state index in [0.29, 0.717) is 6.54 Å². The van der Waals surface area contributed by atoms with E-state index in [4.69, 9.17) is 5.73 Å². The number of carbonyl (C=O) groups is 1. The summed E-state index contributed by atoms with van der Waals surface area (Å²) < 4.78 is 0. The molecule has 6 nitrogen and oxygen atoms in total. The van der Waals surface area contributed by atoms with E-state index in [1.807, 2.05) is 35.3 Å². The molecule has 0 aromatic heterocycles. The zero-order valence-electron chi connectivity index (χ0n) is 10.7. The first kappa shape index (κ1) is 13.5. The van der Waals surface area contributed by atoms with Crippen LogP contribution in [0.25, 0.3) is 0 Å². The van der Waals surface area contributed by atoms with E-state index in [9.17, 15) is 9.70 Å². The summed E-state index contributed by atoms with van der Waals surface area (Å²) in [5.41, 5.74) is 6.28. The molecular weight excluding hydrogens is 244 g/mol. The molecular formula is C13H18N4O2. The van der Waals surface area contributed by atoms with Gasteiger partial charge in [0.1, 0.15) is 6.54 Å². The minimum atomic E-state index is -0.558. The molecule has 6 heteroatoms. The number of nitrogens with two attached hydrogens (primary N) is 1. The summed E-state index contributed by atoms with van der Waals surface area (Å²) in [7, 11) is 0. The second-order valence-corrected chi connectivity index (χ2v) is 4.66. The Morgan fingerprint density at radius 3 is 2.74 bits per heavy atom. The number of hydrazine groups is 1. The van der Waals surface area contributed by atoms with Gasteiger partial charge in [-0.15, -0.1) is 4.91 Å². The number of benzene rings is 1. The van der Waals surface area contributed by atoms with E-state index in [0.717, 1.165) is 29.9 Å². The zero-order chi connectivity index (χ0) is 13.7. The monoisotopic (exact) mass is 262 g/mol. The second kappa shape index (κ2) is 6.29. The van der Waals surface area contributed by atoms with Gasteiger partial charge in [-0.25, -0.2) is 0 Å². The number of amides is 1. The fourth-order valence-electron chi connectivity index (χ4n) is 2.51. The van der Waals surface area contributed by atoms with Gasteiger partial charge >= 0.3 is 0 Å². The quantitative estimate of drug-likeness (QED) is 0.645. The van der Waals surface area contributed by atoms with Crippen LogP contribution >= 0.6 is 0 Å². The fraction of sp³-hybridized carbons (Fsp3) is 0.462. The summed E-state index contributed by atoms with van der Waals surface area (Å²) in [6.07, 6.45) is 3.02. The average molecular weight is 262 g/mol. The number of rotatable bonds is 5. The molecule has 0 spiro atoms. The number of primary amides is 1. The highest BCUT2D eigenvalue weighted by molar-refractivity contribution is 5.75. The molecule has 1 heterocycles. The van der Waals surface area contributed by atoms with Gasteiger partial charge in [0.05, 0.1) is 11.3 Å². The molecule has 2 N–H and O–H groups in total. The van der Waals surface area contributed by atoms with Crippen molar-refractivity contribution in [3.05, 3.63) is 40.8 Å². The average Bonchev–Trinajstić information content (AvgIpc) is 2.45. The molecule has 0 bridgehead atoms. The lowest BCUT2D eigenvalue weighted by atomic mass is 9.97. The molecule has 1 atom stereocenters. The largest absolute Gasteiger partial charge is 0.368 e. The minimum Gasteiger partial charge on any atom is -0.368 e. The molecule has 1 saturated heterocycles. The van der Waals surface area contributed by atoms with Crippen molar-refractivity contribution >= 4 is 5.91 Å². The lowest BCUT2D eigenvalue weighted by Gasteiger charge is -2.39.